The van der Waals surface area contributed by atoms with E-state index in [2.05, 4.69) is 20.2 Å². The lowest BCUT2D eigenvalue weighted by atomic mass is 10.3. The van der Waals surface area contributed by atoms with Crippen LogP contribution in [0, 0.1) is 0 Å². The van der Waals surface area contributed by atoms with Crippen molar-refractivity contribution < 1.29 is 9.47 Å². The molecule has 2 rings (SSSR count). The van der Waals surface area contributed by atoms with E-state index < -0.39 is 0 Å². The molecule has 0 aliphatic rings. The Morgan fingerprint density at radius 2 is 2.05 bits per heavy atom. The molecule has 0 saturated heterocycles. The van der Waals surface area contributed by atoms with Gasteiger partial charge in [0.25, 0.3) is 0 Å². The van der Waals surface area contributed by atoms with Gasteiger partial charge in [-0.2, -0.15) is 0 Å². The SMILES string of the molecule is COCCN(C)c1ccc(Nc2ncccc2OC)nc1. The van der Waals surface area contributed by atoms with Crippen LogP contribution in [0.2, 0.25) is 0 Å². The Labute approximate surface area is 124 Å². The lowest BCUT2D eigenvalue weighted by molar-refractivity contribution is 0.206. The monoisotopic (exact) mass is 288 g/mol. The smallest absolute Gasteiger partial charge is 0.174 e. The van der Waals surface area contributed by atoms with Gasteiger partial charge in [0, 0.05) is 26.9 Å². The van der Waals surface area contributed by atoms with Gasteiger partial charge in [-0.05, 0) is 24.3 Å². The highest BCUT2D eigenvalue weighted by Gasteiger charge is 2.05. The highest BCUT2D eigenvalue weighted by atomic mass is 16.5. The summed E-state index contributed by atoms with van der Waals surface area (Å²) in [5.41, 5.74) is 1.03. The first-order valence-electron chi connectivity index (χ1n) is 6.66. The number of likely N-dealkylation sites (N-methyl/N-ethyl adjacent to an activating group) is 1. The van der Waals surface area contributed by atoms with Gasteiger partial charge < -0.3 is 19.7 Å². The lowest BCUT2D eigenvalue weighted by Gasteiger charge is -2.18. The van der Waals surface area contributed by atoms with Gasteiger partial charge >= 0.3 is 0 Å². The van der Waals surface area contributed by atoms with Crippen molar-refractivity contribution in [1.29, 1.82) is 0 Å². The predicted octanol–water partition coefficient (Wildman–Crippen LogP) is 2.31. The Kier molecular flexibility index (Phi) is 5.34. The number of aromatic nitrogens is 2. The minimum Gasteiger partial charge on any atom is -0.493 e. The first-order valence-corrected chi connectivity index (χ1v) is 6.66. The van der Waals surface area contributed by atoms with Crippen molar-refractivity contribution in [2.24, 2.45) is 0 Å². The molecule has 0 aromatic carbocycles. The second-order valence-corrected chi connectivity index (χ2v) is 4.50. The fourth-order valence-corrected chi connectivity index (χ4v) is 1.81. The van der Waals surface area contributed by atoms with E-state index in [1.807, 2.05) is 37.5 Å². The molecule has 6 heteroatoms. The molecule has 0 bridgehead atoms. The Hall–Kier alpha value is -2.34. The van der Waals surface area contributed by atoms with Crippen LogP contribution in [0.5, 0.6) is 5.75 Å². The number of anilines is 3. The van der Waals surface area contributed by atoms with Crippen molar-refractivity contribution in [3.05, 3.63) is 36.7 Å². The van der Waals surface area contributed by atoms with Crippen LogP contribution in [0.3, 0.4) is 0 Å². The number of rotatable bonds is 7. The molecule has 2 aromatic heterocycles. The molecule has 1 N–H and O–H groups in total. The molecule has 0 radical (unpaired) electrons. The number of hydrogen-bond acceptors (Lipinski definition) is 6. The lowest BCUT2D eigenvalue weighted by Crippen LogP contribution is -2.22. The normalized spacial score (nSPS) is 10.2. The van der Waals surface area contributed by atoms with Crippen LogP contribution in [0.4, 0.5) is 17.3 Å². The van der Waals surface area contributed by atoms with E-state index in [9.17, 15) is 0 Å². The van der Waals surface area contributed by atoms with E-state index >= 15 is 0 Å². The van der Waals surface area contributed by atoms with E-state index in [1.165, 1.54) is 0 Å². The molecular formula is C15H20N4O2. The summed E-state index contributed by atoms with van der Waals surface area (Å²) in [5.74, 6) is 2.05. The van der Waals surface area contributed by atoms with Gasteiger partial charge in [-0.15, -0.1) is 0 Å². The Bertz CT molecular complexity index is 560. The van der Waals surface area contributed by atoms with E-state index in [-0.39, 0.29) is 0 Å². The number of hydrogen-bond donors (Lipinski definition) is 1. The summed E-state index contributed by atoms with van der Waals surface area (Å²) in [5, 5.41) is 3.14. The van der Waals surface area contributed by atoms with Gasteiger partial charge in [0.05, 0.1) is 25.6 Å². The molecule has 2 aromatic rings. The summed E-state index contributed by atoms with van der Waals surface area (Å²) in [6.45, 7) is 1.50. The molecule has 6 nitrogen and oxygen atoms in total. The van der Waals surface area contributed by atoms with E-state index in [0.717, 1.165) is 18.1 Å². The molecule has 112 valence electrons. The maximum atomic E-state index is 5.25. The summed E-state index contributed by atoms with van der Waals surface area (Å²) in [6.07, 6.45) is 3.52. The second kappa shape index (κ2) is 7.44. The first-order chi connectivity index (χ1) is 10.2. The van der Waals surface area contributed by atoms with Crippen LogP contribution < -0.4 is 15.0 Å². The number of pyridine rings is 2. The average molecular weight is 288 g/mol. The van der Waals surface area contributed by atoms with Crippen LogP contribution >= 0.6 is 0 Å². The molecule has 2 heterocycles. The summed E-state index contributed by atoms with van der Waals surface area (Å²) in [4.78, 5) is 10.7. The van der Waals surface area contributed by atoms with E-state index in [0.29, 0.717) is 18.2 Å². The van der Waals surface area contributed by atoms with E-state index in [1.54, 1.807) is 20.4 Å². The van der Waals surface area contributed by atoms with Crippen molar-refractivity contribution in [2.45, 2.75) is 0 Å². The number of ether oxygens (including phenoxy) is 2. The van der Waals surface area contributed by atoms with Crippen LogP contribution in [0.1, 0.15) is 0 Å². The first kappa shape index (κ1) is 15.1. The average Bonchev–Trinajstić information content (AvgIpc) is 2.54. The van der Waals surface area contributed by atoms with Crippen LogP contribution in [0.25, 0.3) is 0 Å². The zero-order valence-corrected chi connectivity index (χ0v) is 12.5. The standard InChI is InChI=1S/C15H20N4O2/c1-19(9-10-20-2)12-6-7-14(17-11-12)18-15-13(21-3)5-4-8-16-15/h4-8,11H,9-10H2,1-3H3,(H,16,17,18). The fourth-order valence-electron chi connectivity index (χ4n) is 1.81. The molecule has 0 spiro atoms. The molecule has 0 amide bonds. The van der Waals surface area contributed by atoms with Crippen LogP contribution in [0.15, 0.2) is 36.7 Å². The molecule has 0 fully saturated rings. The van der Waals surface area contributed by atoms with Gasteiger partial charge in [0.15, 0.2) is 11.6 Å². The molecule has 0 aliphatic carbocycles. The fraction of sp³-hybridized carbons (Fsp3) is 0.333. The topological polar surface area (TPSA) is 59.5 Å². The molecule has 0 saturated carbocycles. The van der Waals surface area contributed by atoms with Gasteiger partial charge in [-0.1, -0.05) is 0 Å². The highest BCUT2D eigenvalue weighted by molar-refractivity contribution is 5.60. The number of methoxy groups -OCH3 is 2. The Balaban J connectivity index is 2.05. The molecule has 0 aliphatic heterocycles. The maximum Gasteiger partial charge on any atom is 0.174 e. The van der Waals surface area contributed by atoms with Crippen LogP contribution in [-0.2, 0) is 4.74 Å². The summed E-state index contributed by atoms with van der Waals surface area (Å²) < 4.78 is 10.3. The van der Waals surface area contributed by atoms with Crippen molar-refractivity contribution in [1.82, 2.24) is 9.97 Å². The molecular weight excluding hydrogens is 268 g/mol. The highest BCUT2D eigenvalue weighted by Crippen LogP contribution is 2.24. The molecule has 0 atom stereocenters. The number of nitrogens with one attached hydrogen (secondary N) is 1. The second-order valence-electron chi connectivity index (χ2n) is 4.50. The largest absolute Gasteiger partial charge is 0.493 e. The minimum atomic E-state index is 0.646. The van der Waals surface area contributed by atoms with Gasteiger partial charge in [0.1, 0.15) is 5.82 Å². The van der Waals surface area contributed by atoms with Crippen molar-refractivity contribution in [3.63, 3.8) is 0 Å². The van der Waals surface area contributed by atoms with Gasteiger partial charge in [-0.3, -0.25) is 0 Å². The zero-order chi connectivity index (χ0) is 15.1. The van der Waals surface area contributed by atoms with Crippen molar-refractivity contribution in [3.8, 4) is 5.75 Å². The van der Waals surface area contributed by atoms with Crippen molar-refractivity contribution in [2.75, 3.05) is 44.6 Å². The minimum absolute atomic E-state index is 0.646. The Morgan fingerprint density at radius 3 is 2.71 bits per heavy atom. The van der Waals surface area contributed by atoms with Crippen molar-refractivity contribution >= 4 is 17.3 Å². The quantitative estimate of drug-likeness (QED) is 0.843. The Morgan fingerprint density at radius 1 is 1.19 bits per heavy atom. The summed E-state index contributed by atoms with van der Waals surface area (Å²) in [7, 11) is 5.31. The third kappa shape index (κ3) is 4.06. The third-order valence-electron chi connectivity index (χ3n) is 3.06. The summed E-state index contributed by atoms with van der Waals surface area (Å²) in [6, 6.07) is 7.58. The number of nitrogens with zero attached hydrogens (tertiary/aromatic N) is 3. The zero-order valence-electron chi connectivity index (χ0n) is 12.5. The molecule has 0 unspecified atom stereocenters. The van der Waals surface area contributed by atoms with Gasteiger partial charge in [0.2, 0.25) is 0 Å². The van der Waals surface area contributed by atoms with Gasteiger partial charge in [-0.25, -0.2) is 9.97 Å². The molecule has 21 heavy (non-hydrogen) atoms. The maximum absolute atomic E-state index is 5.25. The third-order valence-corrected chi connectivity index (χ3v) is 3.06. The predicted molar refractivity (Wildman–Crippen MR) is 83.5 cm³/mol. The van der Waals surface area contributed by atoms with Crippen LogP contribution in [-0.4, -0.2) is 44.4 Å². The van der Waals surface area contributed by atoms with E-state index in [4.69, 9.17) is 9.47 Å². The summed E-state index contributed by atoms with van der Waals surface area (Å²) >= 11 is 0.